The minimum absolute atomic E-state index is 1.12. The van der Waals surface area contributed by atoms with Crippen LogP contribution in [0.1, 0.15) is 19.8 Å². The van der Waals surface area contributed by atoms with Crippen LogP contribution >= 0.6 is 11.9 Å². The van der Waals surface area contributed by atoms with Crippen molar-refractivity contribution < 1.29 is 0 Å². The largest absolute Gasteiger partial charge is 0.262 e. The van der Waals surface area contributed by atoms with Crippen LogP contribution in [-0.2, 0) is 0 Å². The molecule has 0 aliphatic rings. The molecule has 3 N–H and O–H groups in total. The third-order valence-corrected chi connectivity index (χ3v) is 1.34. The van der Waals surface area contributed by atoms with Crippen LogP contribution in [0.4, 0.5) is 0 Å². The average Bonchev–Trinajstić information content (AvgIpc) is 1.69. The first-order valence-corrected chi connectivity index (χ1v) is 3.47. The molecule has 0 saturated carbocycles. The summed E-state index contributed by atoms with van der Waals surface area (Å²) < 4.78 is 0. The molecule has 0 spiro atoms. The molecular formula is C4H12N2S. The second-order valence-corrected chi connectivity index (χ2v) is 2.25. The zero-order valence-corrected chi connectivity index (χ0v) is 5.42. The van der Waals surface area contributed by atoms with Crippen LogP contribution in [0, 0.1) is 0 Å². The maximum Gasteiger partial charge on any atom is 0.00907 e. The lowest BCUT2D eigenvalue weighted by Crippen LogP contribution is -2.12. The molecule has 0 aliphatic carbocycles. The number of unbranched alkanes of at least 4 members (excludes halogenated alkanes) is 1. The Morgan fingerprint density at radius 1 is 1.71 bits per heavy atom. The second-order valence-electron chi connectivity index (χ2n) is 1.32. The van der Waals surface area contributed by atoms with Crippen LogP contribution in [0.2, 0.25) is 0 Å². The van der Waals surface area contributed by atoms with E-state index in [0.717, 1.165) is 5.75 Å². The molecule has 0 aromatic heterocycles. The van der Waals surface area contributed by atoms with Gasteiger partial charge in [0.2, 0.25) is 0 Å². The smallest absolute Gasteiger partial charge is 0.00907 e. The van der Waals surface area contributed by atoms with Gasteiger partial charge >= 0.3 is 0 Å². The van der Waals surface area contributed by atoms with E-state index < -0.39 is 0 Å². The van der Waals surface area contributed by atoms with E-state index in [1.165, 1.54) is 12.8 Å². The van der Waals surface area contributed by atoms with Gasteiger partial charge in [0.05, 0.1) is 0 Å². The Kier molecular flexibility index (Phi) is 6.51. The monoisotopic (exact) mass is 120 g/mol. The zero-order valence-electron chi connectivity index (χ0n) is 4.61. The molecule has 0 amide bonds. The number of hydrogen-bond donors (Lipinski definition) is 2. The predicted octanol–water partition coefficient (Wildman–Crippen LogP) is 0.898. The van der Waals surface area contributed by atoms with Gasteiger partial charge in [-0.1, -0.05) is 25.3 Å². The molecule has 0 radical (unpaired) electrons. The second kappa shape index (κ2) is 6.27. The van der Waals surface area contributed by atoms with Crippen molar-refractivity contribution in [2.24, 2.45) is 5.84 Å². The molecule has 3 heteroatoms. The Bertz CT molecular complexity index is 28.9. The first-order chi connectivity index (χ1) is 3.41. The molecule has 0 aliphatic heterocycles. The molecule has 0 aromatic rings. The first kappa shape index (κ1) is 7.27. The van der Waals surface area contributed by atoms with Crippen LogP contribution in [0.5, 0.6) is 0 Å². The maximum absolute atomic E-state index is 4.98. The molecule has 0 rings (SSSR count). The quantitative estimate of drug-likeness (QED) is 0.250. The highest BCUT2D eigenvalue weighted by molar-refractivity contribution is 7.97. The third kappa shape index (κ3) is 6.27. The Hall–Kier alpha value is 0.270. The first-order valence-electron chi connectivity index (χ1n) is 2.49. The van der Waals surface area contributed by atoms with Crippen molar-refractivity contribution in [3.05, 3.63) is 0 Å². The van der Waals surface area contributed by atoms with Crippen LogP contribution in [0.3, 0.4) is 0 Å². The minimum Gasteiger partial charge on any atom is -0.262 e. The minimum atomic E-state index is 1.12. The summed E-state index contributed by atoms with van der Waals surface area (Å²) in [7, 11) is 0. The Labute approximate surface area is 49.0 Å². The lowest BCUT2D eigenvalue weighted by atomic mass is 10.4. The van der Waals surface area contributed by atoms with Crippen molar-refractivity contribution in [3.8, 4) is 0 Å². The van der Waals surface area contributed by atoms with Gasteiger partial charge in [0.1, 0.15) is 0 Å². The lowest BCUT2D eigenvalue weighted by Gasteiger charge is -1.92. The number of nitrogens with one attached hydrogen (secondary N) is 1. The Morgan fingerprint density at radius 2 is 2.43 bits per heavy atom. The zero-order chi connectivity index (χ0) is 5.54. The summed E-state index contributed by atoms with van der Waals surface area (Å²) in [6, 6.07) is 0. The third-order valence-electron chi connectivity index (χ3n) is 0.683. The summed E-state index contributed by atoms with van der Waals surface area (Å²) >= 11 is 1.56. The van der Waals surface area contributed by atoms with E-state index >= 15 is 0 Å². The highest BCUT2D eigenvalue weighted by Crippen LogP contribution is 1.95. The molecular weight excluding hydrogens is 108 g/mol. The Morgan fingerprint density at radius 3 is 2.86 bits per heavy atom. The molecule has 0 unspecified atom stereocenters. The van der Waals surface area contributed by atoms with Gasteiger partial charge in [-0.15, -0.1) is 0 Å². The van der Waals surface area contributed by atoms with E-state index in [1.807, 2.05) is 0 Å². The van der Waals surface area contributed by atoms with Crippen LogP contribution < -0.4 is 10.7 Å². The normalized spacial score (nSPS) is 9.43. The number of rotatable bonds is 4. The topological polar surface area (TPSA) is 38.0 Å². The molecule has 0 atom stereocenters. The summed E-state index contributed by atoms with van der Waals surface area (Å²) in [5, 5.41) is 0. The van der Waals surface area contributed by atoms with E-state index in [0.29, 0.717) is 0 Å². The van der Waals surface area contributed by atoms with E-state index in [2.05, 4.69) is 11.8 Å². The van der Waals surface area contributed by atoms with Gasteiger partial charge in [0.25, 0.3) is 0 Å². The van der Waals surface area contributed by atoms with E-state index in [-0.39, 0.29) is 0 Å². The van der Waals surface area contributed by atoms with E-state index in [1.54, 1.807) is 11.9 Å². The van der Waals surface area contributed by atoms with Crippen molar-refractivity contribution in [2.45, 2.75) is 19.8 Å². The van der Waals surface area contributed by atoms with Gasteiger partial charge in [-0.2, -0.15) is 0 Å². The fraction of sp³-hybridized carbons (Fsp3) is 1.00. The van der Waals surface area contributed by atoms with E-state index in [4.69, 9.17) is 5.84 Å². The van der Waals surface area contributed by atoms with Crippen molar-refractivity contribution in [2.75, 3.05) is 5.75 Å². The highest BCUT2D eigenvalue weighted by Gasteiger charge is 1.79. The fourth-order valence-electron chi connectivity index (χ4n) is 0.275. The van der Waals surface area contributed by atoms with Gasteiger partial charge < -0.3 is 0 Å². The maximum atomic E-state index is 4.98. The molecule has 44 valence electrons. The molecule has 0 bridgehead atoms. The number of nitrogens with two attached hydrogens (primary N) is 1. The fourth-order valence-corrected chi connectivity index (χ4v) is 0.826. The highest BCUT2D eigenvalue weighted by atomic mass is 32.2. The standard InChI is InChI=1S/C4H12N2S/c1-2-3-4-7-6-5/h6H,2-5H2,1H3. The summed E-state index contributed by atoms with van der Waals surface area (Å²) in [5.41, 5.74) is 0. The summed E-state index contributed by atoms with van der Waals surface area (Å²) in [6.45, 7) is 2.16. The van der Waals surface area contributed by atoms with E-state index in [9.17, 15) is 0 Å². The van der Waals surface area contributed by atoms with Crippen molar-refractivity contribution >= 4 is 11.9 Å². The molecule has 0 aromatic carbocycles. The SMILES string of the molecule is CCCCSNN. The van der Waals surface area contributed by atoms with Crippen LogP contribution in [-0.4, -0.2) is 5.75 Å². The average molecular weight is 120 g/mol. The molecule has 0 saturated heterocycles. The van der Waals surface area contributed by atoms with Crippen molar-refractivity contribution in [1.82, 2.24) is 4.83 Å². The van der Waals surface area contributed by atoms with Gasteiger partial charge in [-0.3, -0.25) is 5.84 Å². The molecule has 0 fully saturated rings. The lowest BCUT2D eigenvalue weighted by molar-refractivity contribution is 0.892. The predicted molar refractivity (Wildman–Crippen MR) is 34.7 cm³/mol. The summed E-state index contributed by atoms with van der Waals surface area (Å²) in [6.07, 6.45) is 2.49. The van der Waals surface area contributed by atoms with Gasteiger partial charge in [0.15, 0.2) is 0 Å². The van der Waals surface area contributed by atoms with Crippen LogP contribution in [0.25, 0.3) is 0 Å². The summed E-state index contributed by atoms with van der Waals surface area (Å²) in [5.74, 6) is 6.10. The number of hydrazine groups is 1. The molecule has 0 heterocycles. The van der Waals surface area contributed by atoms with Crippen LogP contribution in [0.15, 0.2) is 0 Å². The van der Waals surface area contributed by atoms with Crippen molar-refractivity contribution in [3.63, 3.8) is 0 Å². The number of hydrogen-bond acceptors (Lipinski definition) is 3. The Balaban J connectivity index is 2.45. The molecule has 2 nitrogen and oxygen atoms in total. The molecule has 7 heavy (non-hydrogen) atoms. The van der Waals surface area contributed by atoms with Crippen molar-refractivity contribution in [1.29, 1.82) is 0 Å². The van der Waals surface area contributed by atoms with Gasteiger partial charge in [-0.05, 0) is 6.42 Å². The van der Waals surface area contributed by atoms with Gasteiger partial charge in [0, 0.05) is 5.75 Å². The van der Waals surface area contributed by atoms with Gasteiger partial charge in [-0.25, -0.2) is 4.83 Å². The summed E-state index contributed by atoms with van der Waals surface area (Å²) in [4.78, 5) is 2.52.